The van der Waals surface area contributed by atoms with Crippen molar-refractivity contribution in [1.29, 1.82) is 0 Å². The van der Waals surface area contributed by atoms with E-state index in [-0.39, 0.29) is 5.82 Å². The lowest BCUT2D eigenvalue weighted by Gasteiger charge is -2.11. The third kappa shape index (κ3) is 3.04. The number of halogens is 2. The summed E-state index contributed by atoms with van der Waals surface area (Å²) in [6, 6.07) is 6.25. The monoisotopic (exact) mass is 346 g/mol. The van der Waals surface area contributed by atoms with Gasteiger partial charge in [-0.1, -0.05) is 6.07 Å². The number of benzene rings is 1. The van der Waals surface area contributed by atoms with Crippen LogP contribution in [0.2, 0.25) is 0 Å². The fourth-order valence-electron chi connectivity index (χ4n) is 1.65. The van der Waals surface area contributed by atoms with Crippen molar-refractivity contribution in [1.82, 2.24) is 9.78 Å². The molecule has 0 saturated carbocycles. The summed E-state index contributed by atoms with van der Waals surface area (Å²) in [5.74, 6) is -0.289. The molecule has 1 aromatic heterocycles. The average Bonchev–Trinajstić information content (AvgIpc) is 2.63. The maximum absolute atomic E-state index is 12.9. The third-order valence-electron chi connectivity index (χ3n) is 2.49. The maximum Gasteiger partial charge on any atom is 0.124 e. The normalized spacial score (nSPS) is 12.7. The van der Waals surface area contributed by atoms with Gasteiger partial charge < -0.3 is 5.11 Å². The van der Waals surface area contributed by atoms with Gasteiger partial charge in [0, 0.05) is 23.2 Å². The van der Waals surface area contributed by atoms with Gasteiger partial charge in [0.25, 0.3) is 0 Å². The summed E-state index contributed by atoms with van der Waals surface area (Å²) in [6.45, 7) is 0. The van der Waals surface area contributed by atoms with Crippen LogP contribution in [0, 0.1) is 9.39 Å². The van der Waals surface area contributed by atoms with Gasteiger partial charge in [-0.05, 0) is 46.4 Å². The highest BCUT2D eigenvalue weighted by molar-refractivity contribution is 14.1. The zero-order valence-corrected chi connectivity index (χ0v) is 11.4. The van der Waals surface area contributed by atoms with Gasteiger partial charge in [-0.25, -0.2) is 4.39 Å². The number of aryl methyl sites for hydroxylation is 1. The van der Waals surface area contributed by atoms with Crippen LogP contribution < -0.4 is 0 Å². The summed E-state index contributed by atoms with van der Waals surface area (Å²) < 4.78 is 15.4. The van der Waals surface area contributed by atoms with E-state index in [2.05, 4.69) is 5.10 Å². The third-order valence-corrected chi connectivity index (χ3v) is 3.43. The average molecular weight is 346 g/mol. The van der Waals surface area contributed by atoms with E-state index in [4.69, 9.17) is 0 Å². The molecule has 1 unspecified atom stereocenters. The van der Waals surface area contributed by atoms with Gasteiger partial charge in [-0.2, -0.15) is 5.10 Å². The lowest BCUT2D eigenvalue weighted by Crippen LogP contribution is -2.05. The first-order valence-corrected chi connectivity index (χ1v) is 6.25. The van der Waals surface area contributed by atoms with Crippen molar-refractivity contribution in [2.24, 2.45) is 7.05 Å². The van der Waals surface area contributed by atoms with E-state index in [1.165, 1.54) is 12.1 Å². The van der Waals surface area contributed by atoms with Crippen molar-refractivity contribution in [3.8, 4) is 0 Å². The van der Waals surface area contributed by atoms with E-state index >= 15 is 0 Å². The fraction of sp³-hybridized carbons (Fsp3) is 0.250. The summed E-state index contributed by atoms with van der Waals surface area (Å²) in [4.78, 5) is 0. The number of aliphatic hydroxyl groups is 1. The van der Waals surface area contributed by atoms with E-state index in [0.717, 1.165) is 14.8 Å². The molecule has 0 aliphatic carbocycles. The largest absolute Gasteiger partial charge is 0.388 e. The Labute approximate surface area is 112 Å². The molecule has 0 aliphatic rings. The quantitative estimate of drug-likeness (QED) is 0.867. The predicted molar refractivity (Wildman–Crippen MR) is 71.0 cm³/mol. The van der Waals surface area contributed by atoms with Crippen LogP contribution in [0.15, 0.2) is 30.5 Å². The van der Waals surface area contributed by atoms with Crippen LogP contribution in [0.5, 0.6) is 0 Å². The molecule has 0 amide bonds. The Morgan fingerprint density at radius 2 is 2.24 bits per heavy atom. The summed E-state index contributed by atoms with van der Waals surface area (Å²) in [6.07, 6.45) is 1.61. The van der Waals surface area contributed by atoms with Crippen LogP contribution in [0.25, 0.3) is 0 Å². The van der Waals surface area contributed by atoms with Gasteiger partial charge in [0.2, 0.25) is 0 Å². The molecular formula is C12H12FIN2O. The first-order valence-electron chi connectivity index (χ1n) is 5.18. The minimum atomic E-state index is -0.655. The van der Waals surface area contributed by atoms with Gasteiger partial charge in [0.1, 0.15) is 5.82 Å². The second-order valence-electron chi connectivity index (χ2n) is 3.87. The van der Waals surface area contributed by atoms with E-state index in [1.807, 2.05) is 41.9 Å². The zero-order valence-electron chi connectivity index (χ0n) is 9.27. The lowest BCUT2D eigenvalue weighted by molar-refractivity contribution is 0.176. The number of hydrogen-bond donors (Lipinski definition) is 1. The molecule has 0 fully saturated rings. The first-order chi connectivity index (χ1) is 8.06. The van der Waals surface area contributed by atoms with E-state index in [0.29, 0.717) is 6.42 Å². The van der Waals surface area contributed by atoms with Gasteiger partial charge in [0.15, 0.2) is 0 Å². The Kier molecular flexibility index (Phi) is 3.78. The molecule has 0 radical (unpaired) electrons. The molecule has 1 aromatic carbocycles. The van der Waals surface area contributed by atoms with E-state index < -0.39 is 6.10 Å². The molecule has 1 N–H and O–H groups in total. The van der Waals surface area contributed by atoms with Crippen LogP contribution in [0.1, 0.15) is 17.4 Å². The van der Waals surface area contributed by atoms with Crippen molar-refractivity contribution in [3.05, 3.63) is 51.1 Å². The molecule has 0 bridgehead atoms. The molecular weight excluding hydrogens is 334 g/mol. The van der Waals surface area contributed by atoms with Crippen molar-refractivity contribution < 1.29 is 9.50 Å². The predicted octanol–water partition coefficient (Wildman–Crippen LogP) is 2.44. The Balaban J connectivity index is 2.17. The Morgan fingerprint density at radius 1 is 1.47 bits per heavy atom. The van der Waals surface area contributed by atoms with Gasteiger partial charge in [-0.15, -0.1) is 0 Å². The van der Waals surface area contributed by atoms with Crippen molar-refractivity contribution in [3.63, 3.8) is 0 Å². The fourth-order valence-corrected chi connectivity index (χ4v) is 2.49. The second-order valence-corrected chi connectivity index (χ2v) is 5.03. The summed E-state index contributed by atoms with van der Waals surface area (Å²) in [5, 5.41) is 14.3. The molecule has 3 nitrogen and oxygen atoms in total. The molecule has 5 heteroatoms. The number of aromatic nitrogens is 2. The molecule has 2 rings (SSSR count). The van der Waals surface area contributed by atoms with Crippen LogP contribution in [-0.4, -0.2) is 14.9 Å². The van der Waals surface area contributed by atoms with Crippen LogP contribution >= 0.6 is 22.6 Å². The zero-order chi connectivity index (χ0) is 12.4. The number of nitrogens with zero attached hydrogens (tertiary/aromatic N) is 2. The van der Waals surface area contributed by atoms with Crippen molar-refractivity contribution >= 4 is 22.6 Å². The minimum Gasteiger partial charge on any atom is -0.388 e. The number of aliphatic hydroxyl groups excluding tert-OH is 1. The van der Waals surface area contributed by atoms with E-state index in [9.17, 15) is 9.50 Å². The molecule has 0 spiro atoms. The van der Waals surface area contributed by atoms with E-state index in [1.54, 1.807) is 10.7 Å². The van der Waals surface area contributed by atoms with Crippen LogP contribution in [-0.2, 0) is 13.5 Å². The molecule has 1 atom stereocenters. The Morgan fingerprint density at radius 3 is 2.82 bits per heavy atom. The van der Waals surface area contributed by atoms with Crippen LogP contribution in [0.3, 0.4) is 0 Å². The SMILES string of the molecule is Cn1ccc(CC(O)c2ccc(F)cc2I)n1. The number of rotatable bonds is 3. The van der Waals surface area contributed by atoms with Crippen molar-refractivity contribution in [2.75, 3.05) is 0 Å². The topological polar surface area (TPSA) is 38.0 Å². The number of hydrogen-bond acceptors (Lipinski definition) is 2. The Hall–Kier alpha value is -0.950. The highest BCUT2D eigenvalue weighted by atomic mass is 127. The summed E-state index contributed by atoms with van der Waals surface area (Å²) >= 11 is 2.02. The van der Waals surface area contributed by atoms with Gasteiger partial charge >= 0.3 is 0 Å². The Bertz CT molecular complexity index is 527. The molecule has 0 aliphatic heterocycles. The standard InChI is InChI=1S/C12H12FIN2O/c1-16-5-4-9(15-16)7-12(17)10-3-2-8(13)6-11(10)14/h2-6,12,17H,7H2,1H3. The molecule has 2 aromatic rings. The maximum atomic E-state index is 12.9. The van der Waals surface area contributed by atoms with Gasteiger partial charge in [-0.3, -0.25) is 4.68 Å². The molecule has 0 saturated heterocycles. The molecule has 90 valence electrons. The smallest absolute Gasteiger partial charge is 0.124 e. The molecule has 17 heavy (non-hydrogen) atoms. The minimum absolute atomic E-state index is 0.289. The highest BCUT2D eigenvalue weighted by Crippen LogP contribution is 2.23. The summed E-state index contributed by atoms with van der Waals surface area (Å²) in [5.41, 5.74) is 1.55. The summed E-state index contributed by atoms with van der Waals surface area (Å²) in [7, 11) is 1.83. The van der Waals surface area contributed by atoms with Crippen LogP contribution in [0.4, 0.5) is 4.39 Å². The molecule has 1 heterocycles. The van der Waals surface area contributed by atoms with Crippen molar-refractivity contribution in [2.45, 2.75) is 12.5 Å². The highest BCUT2D eigenvalue weighted by Gasteiger charge is 2.13. The lowest BCUT2D eigenvalue weighted by atomic mass is 10.1. The second kappa shape index (κ2) is 5.14. The van der Waals surface area contributed by atoms with Gasteiger partial charge in [0.05, 0.1) is 11.8 Å². The first kappa shape index (κ1) is 12.5.